The molecular formula is C29H56N3O10P. The fourth-order valence-electron chi connectivity index (χ4n) is 5.42. The highest BCUT2D eigenvalue weighted by molar-refractivity contribution is 7.52. The van der Waals surface area contributed by atoms with E-state index in [2.05, 4.69) is 31.4 Å². The van der Waals surface area contributed by atoms with Crippen LogP contribution in [-0.2, 0) is 23.5 Å². The van der Waals surface area contributed by atoms with Gasteiger partial charge in [-0.3, -0.25) is 19.1 Å². The summed E-state index contributed by atoms with van der Waals surface area (Å²) in [7, 11) is -4.42. The molecule has 14 heteroatoms. The summed E-state index contributed by atoms with van der Waals surface area (Å²) >= 11 is 0. The highest BCUT2D eigenvalue weighted by Crippen LogP contribution is 2.43. The number of aliphatic hydroxyl groups excluding tert-OH is 3. The highest BCUT2D eigenvalue weighted by atomic mass is 31.2. The van der Waals surface area contributed by atoms with Gasteiger partial charge in [-0.05, 0) is 24.7 Å². The number of likely N-dealkylation sites (tertiary alicyclic amines) is 1. The van der Waals surface area contributed by atoms with Gasteiger partial charge in [0.25, 0.3) is 0 Å². The summed E-state index contributed by atoms with van der Waals surface area (Å²) in [6.45, 7) is 9.49. The Bertz CT molecular complexity index is 938. The van der Waals surface area contributed by atoms with Crippen LogP contribution in [0.15, 0.2) is 0 Å². The molecule has 4 unspecified atom stereocenters. The standard InChI is InChI=1S/C29H56N3O10P/c1-19(2)9-7-10-20(3)11-8-12-21(4)15-25(35)31-29(6,28(38)39)18-42-43(40,41)14-13-32-23(16-30-22(5)34)26(36)27(37)24(32)17-33/h19-21,23-24,26-27,33,36-37H,7-18H2,1-6H3,(H,30,34)(H,31,35)(H,38,39)(H,40,41)/t20?,21?,23-,24-,26-,27-,29?/m1/s1. The molecule has 0 spiro atoms. The number of rotatable bonds is 21. The first-order valence-electron chi connectivity index (χ1n) is 15.4. The minimum atomic E-state index is -4.42. The zero-order valence-electron chi connectivity index (χ0n) is 26.7. The second kappa shape index (κ2) is 18.4. The van der Waals surface area contributed by atoms with E-state index in [-0.39, 0.29) is 31.3 Å². The summed E-state index contributed by atoms with van der Waals surface area (Å²) in [6.07, 6.45) is 3.39. The van der Waals surface area contributed by atoms with E-state index in [0.29, 0.717) is 11.8 Å². The van der Waals surface area contributed by atoms with Gasteiger partial charge in [0.15, 0.2) is 5.54 Å². The predicted molar refractivity (Wildman–Crippen MR) is 162 cm³/mol. The van der Waals surface area contributed by atoms with Crippen molar-refractivity contribution < 1.29 is 48.8 Å². The van der Waals surface area contributed by atoms with Crippen LogP contribution in [0, 0.1) is 17.8 Å². The lowest BCUT2D eigenvalue weighted by atomic mass is 9.92. The van der Waals surface area contributed by atoms with Crippen molar-refractivity contribution in [1.82, 2.24) is 15.5 Å². The van der Waals surface area contributed by atoms with Crippen molar-refractivity contribution in [3.63, 3.8) is 0 Å². The SMILES string of the molecule is CC(=O)NC[C@@H]1[C@@H](O)[C@H](O)[C@@H](CO)N1CCP(=O)(O)OCC(C)(NC(=O)CC(C)CCCC(C)CCCC(C)C)C(=O)O. The number of hydrogen-bond acceptors (Lipinski definition) is 9. The van der Waals surface area contributed by atoms with Crippen LogP contribution in [-0.4, -0.2) is 110 Å². The lowest BCUT2D eigenvalue weighted by molar-refractivity contribution is -0.148. The summed E-state index contributed by atoms with van der Waals surface area (Å²) in [4.78, 5) is 48.0. The molecular weight excluding hydrogens is 581 g/mol. The first kappa shape index (κ1) is 39.4. The van der Waals surface area contributed by atoms with Gasteiger partial charge in [-0.25, -0.2) is 4.79 Å². The molecule has 7 N–H and O–H groups in total. The summed E-state index contributed by atoms with van der Waals surface area (Å²) in [6, 6.07) is -1.79. The van der Waals surface area contributed by atoms with Gasteiger partial charge < -0.3 is 40.5 Å². The molecule has 1 rings (SSSR count). The maximum atomic E-state index is 12.9. The number of carboxylic acid groups (broad SMARTS) is 1. The van der Waals surface area contributed by atoms with Crippen molar-refractivity contribution in [2.75, 3.05) is 32.5 Å². The molecule has 8 atom stereocenters. The van der Waals surface area contributed by atoms with E-state index in [1.165, 1.54) is 38.0 Å². The number of nitrogens with zero attached hydrogens (tertiary/aromatic N) is 1. The van der Waals surface area contributed by atoms with Crippen molar-refractivity contribution in [1.29, 1.82) is 0 Å². The van der Waals surface area contributed by atoms with Gasteiger partial charge in [-0.15, -0.1) is 0 Å². The molecule has 252 valence electrons. The van der Waals surface area contributed by atoms with Crippen LogP contribution in [0.3, 0.4) is 0 Å². The average molecular weight is 638 g/mol. The molecule has 1 aliphatic rings. The number of carboxylic acids is 1. The highest BCUT2D eigenvalue weighted by Gasteiger charge is 2.47. The first-order chi connectivity index (χ1) is 19.9. The van der Waals surface area contributed by atoms with E-state index >= 15 is 0 Å². The van der Waals surface area contributed by atoms with Gasteiger partial charge in [-0.2, -0.15) is 0 Å². The summed E-state index contributed by atoms with van der Waals surface area (Å²) in [5.74, 6) is -0.958. The van der Waals surface area contributed by atoms with Crippen molar-refractivity contribution in [2.45, 2.75) is 116 Å². The third-order valence-corrected chi connectivity index (χ3v) is 9.52. The summed E-state index contributed by atoms with van der Waals surface area (Å²) < 4.78 is 18.0. The number of carbonyl (C=O) groups excluding carboxylic acids is 2. The molecule has 1 saturated heterocycles. The van der Waals surface area contributed by atoms with Crippen molar-refractivity contribution in [3.8, 4) is 0 Å². The largest absolute Gasteiger partial charge is 0.479 e. The zero-order chi connectivity index (χ0) is 33.0. The molecule has 0 aromatic carbocycles. The number of aliphatic hydroxyl groups is 3. The third kappa shape index (κ3) is 13.9. The fourth-order valence-corrected chi connectivity index (χ4v) is 6.50. The molecule has 13 nitrogen and oxygen atoms in total. The molecule has 1 heterocycles. The molecule has 0 aromatic heterocycles. The molecule has 1 fully saturated rings. The second-order valence-electron chi connectivity index (χ2n) is 13.0. The van der Waals surface area contributed by atoms with Crippen molar-refractivity contribution in [3.05, 3.63) is 0 Å². The topological polar surface area (TPSA) is 206 Å². The van der Waals surface area contributed by atoms with Crippen LogP contribution < -0.4 is 10.6 Å². The van der Waals surface area contributed by atoms with Crippen LogP contribution in [0.1, 0.15) is 86.5 Å². The smallest absolute Gasteiger partial charge is 0.331 e. The Morgan fingerprint density at radius 2 is 1.53 bits per heavy atom. The normalized spacial score (nSPS) is 25.1. The Morgan fingerprint density at radius 3 is 2.07 bits per heavy atom. The van der Waals surface area contributed by atoms with E-state index in [9.17, 15) is 44.3 Å². The predicted octanol–water partition coefficient (Wildman–Crippen LogP) is 1.71. The molecule has 0 radical (unpaired) electrons. The van der Waals surface area contributed by atoms with E-state index in [1.807, 2.05) is 6.92 Å². The van der Waals surface area contributed by atoms with E-state index in [1.54, 1.807) is 0 Å². The summed E-state index contributed by atoms with van der Waals surface area (Å²) in [5.41, 5.74) is -1.96. The maximum absolute atomic E-state index is 12.9. The van der Waals surface area contributed by atoms with Gasteiger partial charge in [0.2, 0.25) is 11.8 Å². The van der Waals surface area contributed by atoms with Gasteiger partial charge in [0, 0.05) is 26.4 Å². The minimum Gasteiger partial charge on any atom is -0.479 e. The Morgan fingerprint density at radius 1 is 0.977 bits per heavy atom. The molecule has 1 aliphatic heterocycles. The molecule has 0 bridgehead atoms. The number of carbonyl (C=O) groups is 3. The zero-order valence-corrected chi connectivity index (χ0v) is 27.6. The lowest BCUT2D eigenvalue weighted by Crippen LogP contribution is -2.55. The quantitative estimate of drug-likeness (QED) is 0.0902. The van der Waals surface area contributed by atoms with Crippen LogP contribution in [0.5, 0.6) is 0 Å². The lowest BCUT2D eigenvalue weighted by Gasteiger charge is -2.31. The van der Waals surface area contributed by atoms with E-state index in [4.69, 9.17) is 4.52 Å². The molecule has 0 saturated carbocycles. The molecule has 43 heavy (non-hydrogen) atoms. The van der Waals surface area contributed by atoms with Crippen molar-refractivity contribution >= 4 is 25.4 Å². The minimum absolute atomic E-state index is 0.0295. The Kier molecular flexibility index (Phi) is 16.9. The number of nitrogens with one attached hydrogen (secondary N) is 2. The monoisotopic (exact) mass is 637 g/mol. The van der Waals surface area contributed by atoms with Gasteiger partial charge in [-0.1, -0.05) is 66.2 Å². The van der Waals surface area contributed by atoms with Crippen LogP contribution in [0.4, 0.5) is 0 Å². The average Bonchev–Trinajstić information content (AvgIpc) is 3.12. The van der Waals surface area contributed by atoms with E-state index < -0.39 is 68.7 Å². The van der Waals surface area contributed by atoms with E-state index in [0.717, 1.165) is 19.3 Å². The Labute approximate surface area is 256 Å². The molecule has 0 aromatic rings. The fraction of sp³-hybridized carbons (Fsp3) is 0.897. The number of aliphatic carboxylic acids is 1. The van der Waals surface area contributed by atoms with Crippen molar-refractivity contribution in [2.24, 2.45) is 17.8 Å². The Hall–Kier alpha value is -1.60. The number of amides is 2. The third-order valence-electron chi connectivity index (χ3n) is 8.23. The molecule has 2 amide bonds. The van der Waals surface area contributed by atoms with Gasteiger partial charge >= 0.3 is 13.6 Å². The van der Waals surface area contributed by atoms with Gasteiger partial charge in [0.1, 0.15) is 0 Å². The number of hydrogen-bond donors (Lipinski definition) is 7. The van der Waals surface area contributed by atoms with Crippen LogP contribution >= 0.6 is 7.60 Å². The van der Waals surface area contributed by atoms with Crippen LogP contribution in [0.2, 0.25) is 0 Å². The maximum Gasteiger partial charge on any atom is 0.331 e. The first-order valence-corrected chi connectivity index (χ1v) is 17.2. The van der Waals surface area contributed by atoms with Crippen LogP contribution in [0.25, 0.3) is 0 Å². The molecule has 0 aliphatic carbocycles. The summed E-state index contributed by atoms with van der Waals surface area (Å²) in [5, 5.41) is 45.2. The Balaban J connectivity index is 2.65. The second-order valence-corrected chi connectivity index (χ2v) is 14.9. The van der Waals surface area contributed by atoms with Gasteiger partial charge in [0.05, 0.1) is 43.7 Å².